The van der Waals surface area contributed by atoms with Gasteiger partial charge in [-0.05, 0) is 0 Å². The molecule has 2 aliphatic rings. The summed E-state index contributed by atoms with van der Waals surface area (Å²) in [5.41, 5.74) is 8.02. The maximum Gasteiger partial charge on any atom is 0.206 e. The molecule has 2 fully saturated rings. The van der Waals surface area contributed by atoms with Crippen molar-refractivity contribution in [3.8, 4) is 0 Å². The summed E-state index contributed by atoms with van der Waals surface area (Å²) in [7, 11) is 0. The summed E-state index contributed by atoms with van der Waals surface area (Å²) in [5.74, 6) is -0.237. The van der Waals surface area contributed by atoms with Crippen molar-refractivity contribution in [3.05, 3.63) is 0 Å². The maximum absolute atomic E-state index is 9.40. The standard InChI is InChI=1S/C7H12N4O3/c8-7(9)11-10-3-1-13-6-4(12)2-14-5(3)6/h4-6,12H,1-2H2,(H4,8,9,11). The molecule has 7 heteroatoms. The van der Waals surface area contributed by atoms with Crippen LogP contribution in [0.4, 0.5) is 0 Å². The van der Waals surface area contributed by atoms with E-state index in [0.29, 0.717) is 12.3 Å². The second kappa shape index (κ2) is 3.52. The quantitative estimate of drug-likeness (QED) is 0.222. The van der Waals surface area contributed by atoms with Crippen LogP contribution in [0.2, 0.25) is 0 Å². The molecule has 5 N–H and O–H groups in total. The molecule has 0 radical (unpaired) electrons. The van der Waals surface area contributed by atoms with Crippen molar-refractivity contribution >= 4 is 11.7 Å². The molecule has 14 heavy (non-hydrogen) atoms. The molecule has 0 aromatic heterocycles. The molecule has 0 aromatic carbocycles. The van der Waals surface area contributed by atoms with Crippen LogP contribution in [-0.4, -0.2) is 48.3 Å². The molecule has 78 valence electrons. The van der Waals surface area contributed by atoms with Crippen LogP contribution in [0.1, 0.15) is 0 Å². The first-order chi connectivity index (χ1) is 6.68. The molecule has 2 rings (SSSR count). The Morgan fingerprint density at radius 1 is 1.64 bits per heavy atom. The van der Waals surface area contributed by atoms with Crippen LogP contribution < -0.4 is 11.2 Å². The van der Waals surface area contributed by atoms with Crippen molar-refractivity contribution in [2.24, 2.45) is 10.8 Å². The van der Waals surface area contributed by atoms with E-state index >= 15 is 0 Å². The predicted molar refractivity (Wildman–Crippen MR) is 48.0 cm³/mol. The number of hydrogen-bond acceptors (Lipinski definition) is 5. The molecule has 0 saturated carbocycles. The molecule has 3 unspecified atom stereocenters. The Balaban J connectivity index is 2.02. The lowest BCUT2D eigenvalue weighted by molar-refractivity contribution is 0.0197. The summed E-state index contributed by atoms with van der Waals surface area (Å²) in [5, 5.41) is 20.2. The largest absolute Gasteiger partial charge is 0.388 e. The molecule has 2 aliphatic heterocycles. The minimum Gasteiger partial charge on any atom is -0.388 e. The van der Waals surface area contributed by atoms with E-state index in [9.17, 15) is 5.11 Å². The summed E-state index contributed by atoms with van der Waals surface area (Å²) in [4.78, 5) is 0. The van der Waals surface area contributed by atoms with Gasteiger partial charge in [0.05, 0.1) is 18.9 Å². The first kappa shape index (κ1) is 9.38. The Kier molecular flexibility index (Phi) is 2.36. The van der Waals surface area contributed by atoms with Crippen molar-refractivity contribution in [1.29, 1.82) is 5.41 Å². The second-order valence-electron chi connectivity index (χ2n) is 3.23. The number of nitrogens with zero attached hydrogens (tertiary/aromatic N) is 1. The van der Waals surface area contributed by atoms with Gasteiger partial charge in [0.1, 0.15) is 18.3 Å². The molecule has 0 bridgehead atoms. The summed E-state index contributed by atoms with van der Waals surface area (Å²) >= 11 is 0. The molecule has 0 spiro atoms. The van der Waals surface area contributed by atoms with Crippen LogP contribution >= 0.6 is 0 Å². The van der Waals surface area contributed by atoms with Crippen LogP contribution in [0.25, 0.3) is 0 Å². The number of guanidine groups is 1. The number of fused-ring (bicyclic) bond motifs is 1. The molecule has 0 aliphatic carbocycles. The zero-order valence-electron chi connectivity index (χ0n) is 7.43. The Bertz CT molecular complexity index is 280. The van der Waals surface area contributed by atoms with Crippen LogP contribution in [0, 0.1) is 5.41 Å². The molecule has 3 atom stereocenters. The van der Waals surface area contributed by atoms with Crippen molar-refractivity contribution < 1.29 is 14.6 Å². The monoisotopic (exact) mass is 200 g/mol. The highest BCUT2D eigenvalue weighted by atomic mass is 16.6. The first-order valence-corrected chi connectivity index (χ1v) is 4.26. The number of hydrogen-bond donors (Lipinski definition) is 4. The Morgan fingerprint density at radius 2 is 2.43 bits per heavy atom. The number of hydrazone groups is 1. The molecule has 2 heterocycles. The van der Waals surface area contributed by atoms with Gasteiger partial charge in [-0.2, -0.15) is 5.10 Å². The average Bonchev–Trinajstić information content (AvgIpc) is 2.66. The predicted octanol–water partition coefficient (Wildman–Crippen LogP) is -2.02. The molecule has 7 nitrogen and oxygen atoms in total. The van der Waals surface area contributed by atoms with E-state index in [2.05, 4.69) is 10.5 Å². The molecular formula is C7H12N4O3. The summed E-state index contributed by atoms with van der Waals surface area (Å²) < 4.78 is 10.6. The highest BCUT2D eigenvalue weighted by molar-refractivity contribution is 5.93. The van der Waals surface area contributed by atoms with Crippen LogP contribution in [-0.2, 0) is 9.47 Å². The number of nitrogens with two attached hydrogens (primary N) is 1. The normalized spacial score (nSPS) is 38.6. The van der Waals surface area contributed by atoms with Gasteiger partial charge in [0, 0.05) is 0 Å². The van der Waals surface area contributed by atoms with Gasteiger partial charge in [-0.3, -0.25) is 5.41 Å². The molecule has 0 aromatic rings. The van der Waals surface area contributed by atoms with Gasteiger partial charge in [-0.15, -0.1) is 0 Å². The van der Waals surface area contributed by atoms with Crippen molar-refractivity contribution in [2.75, 3.05) is 13.2 Å². The SMILES string of the molecule is N=C(N)NN=C1COC2C(O)COC12. The second-order valence-corrected chi connectivity index (χ2v) is 3.23. The fraction of sp³-hybridized carbons (Fsp3) is 0.714. The third-order valence-electron chi connectivity index (χ3n) is 2.20. The van der Waals surface area contributed by atoms with E-state index in [1.54, 1.807) is 0 Å². The Hall–Kier alpha value is -1.18. The Morgan fingerprint density at radius 3 is 3.14 bits per heavy atom. The maximum atomic E-state index is 9.40. The zero-order valence-corrected chi connectivity index (χ0v) is 7.43. The fourth-order valence-electron chi connectivity index (χ4n) is 1.57. The third-order valence-corrected chi connectivity index (χ3v) is 2.20. The third kappa shape index (κ3) is 1.57. The lowest BCUT2D eigenvalue weighted by atomic mass is 10.1. The van der Waals surface area contributed by atoms with E-state index in [0.717, 1.165) is 0 Å². The number of ether oxygens (including phenoxy) is 2. The van der Waals surface area contributed by atoms with Gasteiger partial charge in [0.25, 0.3) is 0 Å². The number of nitrogens with one attached hydrogen (secondary N) is 2. The number of rotatable bonds is 1. The lowest BCUT2D eigenvalue weighted by Crippen LogP contribution is -2.32. The highest BCUT2D eigenvalue weighted by Crippen LogP contribution is 2.24. The van der Waals surface area contributed by atoms with E-state index in [4.69, 9.17) is 20.6 Å². The summed E-state index contributed by atoms with van der Waals surface area (Å²) in [6.07, 6.45) is -1.23. The molecular weight excluding hydrogens is 188 g/mol. The van der Waals surface area contributed by atoms with Crippen molar-refractivity contribution in [2.45, 2.75) is 18.3 Å². The van der Waals surface area contributed by atoms with Gasteiger partial charge in [0.15, 0.2) is 0 Å². The van der Waals surface area contributed by atoms with E-state index in [-0.39, 0.29) is 24.8 Å². The van der Waals surface area contributed by atoms with Crippen LogP contribution in [0.5, 0.6) is 0 Å². The number of aliphatic hydroxyl groups excluding tert-OH is 1. The minimum atomic E-state index is -0.593. The van der Waals surface area contributed by atoms with Crippen molar-refractivity contribution in [1.82, 2.24) is 5.43 Å². The summed E-state index contributed by atoms with van der Waals surface area (Å²) in [6, 6.07) is 0. The van der Waals surface area contributed by atoms with Gasteiger partial charge >= 0.3 is 0 Å². The van der Waals surface area contributed by atoms with Gasteiger partial charge in [0.2, 0.25) is 5.96 Å². The van der Waals surface area contributed by atoms with E-state index in [1.165, 1.54) is 0 Å². The molecule has 0 amide bonds. The zero-order chi connectivity index (χ0) is 10.1. The van der Waals surface area contributed by atoms with E-state index < -0.39 is 6.10 Å². The van der Waals surface area contributed by atoms with Crippen LogP contribution in [0.15, 0.2) is 5.10 Å². The Labute approximate surface area is 80.4 Å². The van der Waals surface area contributed by atoms with Gasteiger partial charge in [-0.25, -0.2) is 5.43 Å². The summed E-state index contributed by atoms with van der Waals surface area (Å²) in [6.45, 7) is 0.557. The van der Waals surface area contributed by atoms with Crippen LogP contribution in [0.3, 0.4) is 0 Å². The molecule has 2 saturated heterocycles. The number of aliphatic hydroxyl groups is 1. The topological polar surface area (TPSA) is 113 Å². The van der Waals surface area contributed by atoms with Gasteiger partial charge in [-0.1, -0.05) is 0 Å². The van der Waals surface area contributed by atoms with E-state index in [1.807, 2.05) is 0 Å². The van der Waals surface area contributed by atoms with Crippen molar-refractivity contribution in [3.63, 3.8) is 0 Å². The first-order valence-electron chi connectivity index (χ1n) is 4.26. The fourth-order valence-corrected chi connectivity index (χ4v) is 1.57. The minimum absolute atomic E-state index is 0.237. The smallest absolute Gasteiger partial charge is 0.206 e. The average molecular weight is 200 g/mol. The highest BCUT2D eigenvalue weighted by Gasteiger charge is 2.45. The van der Waals surface area contributed by atoms with Gasteiger partial charge < -0.3 is 20.3 Å². The lowest BCUT2D eigenvalue weighted by Gasteiger charge is -2.08.